The van der Waals surface area contributed by atoms with Gasteiger partial charge < -0.3 is 11.5 Å². The highest BCUT2D eigenvalue weighted by atomic mass is 16.1. The van der Waals surface area contributed by atoms with E-state index in [9.17, 15) is 4.79 Å². The standard InChI is InChI=1S/C8H15N3O/c1-11-4-2-3-5(11)7(10)8(12)6(4)9/h4-7H,2-3,9-10H2,1H3. The van der Waals surface area contributed by atoms with E-state index < -0.39 is 0 Å². The van der Waals surface area contributed by atoms with Crippen molar-refractivity contribution in [2.75, 3.05) is 7.05 Å². The van der Waals surface area contributed by atoms with Gasteiger partial charge in [-0.1, -0.05) is 0 Å². The van der Waals surface area contributed by atoms with Crippen LogP contribution in [0.3, 0.4) is 0 Å². The van der Waals surface area contributed by atoms with E-state index in [0.717, 1.165) is 12.8 Å². The second kappa shape index (κ2) is 2.52. The Morgan fingerprint density at radius 3 is 2.08 bits per heavy atom. The van der Waals surface area contributed by atoms with Crippen LogP contribution in [0.2, 0.25) is 0 Å². The maximum Gasteiger partial charge on any atom is 0.169 e. The molecule has 4 atom stereocenters. The normalized spacial score (nSPS) is 48.4. The minimum Gasteiger partial charge on any atom is -0.320 e. The molecule has 4 heteroatoms. The Morgan fingerprint density at radius 1 is 1.25 bits per heavy atom. The van der Waals surface area contributed by atoms with Crippen LogP contribution < -0.4 is 11.5 Å². The molecule has 0 radical (unpaired) electrons. The maximum atomic E-state index is 11.5. The van der Waals surface area contributed by atoms with Gasteiger partial charge in [-0.05, 0) is 19.9 Å². The summed E-state index contributed by atoms with van der Waals surface area (Å²) in [4.78, 5) is 13.6. The van der Waals surface area contributed by atoms with Crippen molar-refractivity contribution >= 4 is 5.78 Å². The maximum absolute atomic E-state index is 11.5. The topological polar surface area (TPSA) is 72.3 Å². The van der Waals surface area contributed by atoms with Gasteiger partial charge in [0.25, 0.3) is 0 Å². The van der Waals surface area contributed by atoms with Gasteiger partial charge in [-0.2, -0.15) is 0 Å². The number of nitrogens with zero attached hydrogens (tertiary/aromatic N) is 1. The van der Waals surface area contributed by atoms with E-state index in [2.05, 4.69) is 4.90 Å². The Hall–Kier alpha value is -0.450. The summed E-state index contributed by atoms with van der Waals surface area (Å²) in [5, 5.41) is 0. The van der Waals surface area contributed by atoms with E-state index in [-0.39, 0.29) is 30.0 Å². The number of ketones is 1. The molecule has 2 rings (SSSR count). The zero-order chi connectivity index (χ0) is 8.88. The first-order chi connectivity index (χ1) is 5.63. The van der Waals surface area contributed by atoms with E-state index in [0.29, 0.717) is 0 Å². The summed E-state index contributed by atoms with van der Waals surface area (Å²) in [7, 11) is 2.01. The fourth-order valence-corrected chi connectivity index (χ4v) is 2.46. The molecule has 2 bridgehead atoms. The molecular formula is C8H15N3O. The van der Waals surface area contributed by atoms with Gasteiger partial charge in [-0.25, -0.2) is 0 Å². The van der Waals surface area contributed by atoms with Gasteiger partial charge >= 0.3 is 0 Å². The van der Waals surface area contributed by atoms with Crippen molar-refractivity contribution < 1.29 is 4.79 Å². The fraction of sp³-hybridized carbons (Fsp3) is 0.875. The molecule has 4 N–H and O–H groups in total. The Morgan fingerprint density at radius 2 is 1.67 bits per heavy atom. The van der Waals surface area contributed by atoms with Gasteiger partial charge in [0.05, 0.1) is 12.1 Å². The number of rotatable bonds is 0. The third-order valence-electron chi connectivity index (χ3n) is 3.29. The Kier molecular flexibility index (Phi) is 1.71. The average molecular weight is 169 g/mol. The number of hydrogen-bond donors (Lipinski definition) is 2. The number of hydrogen-bond acceptors (Lipinski definition) is 4. The Balaban J connectivity index is 2.29. The van der Waals surface area contributed by atoms with Crippen LogP contribution in [0, 0.1) is 0 Å². The fourth-order valence-electron chi connectivity index (χ4n) is 2.46. The van der Waals surface area contributed by atoms with Gasteiger partial charge in [-0.15, -0.1) is 0 Å². The van der Waals surface area contributed by atoms with Crippen molar-refractivity contribution in [3.63, 3.8) is 0 Å². The number of carbonyl (C=O) groups excluding carboxylic acids is 1. The second-order valence-electron chi connectivity index (χ2n) is 3.83. The van der Waals surface area contributed by atoms with Crippen LogP contribution >= 0.6 is 0 Å². The summed E-state index contributed by atoms with van der Waals surface area (Å²) in [5.41, 5.74) is 11.5. The highest BCUT2D eigenvalue weighted by Crippen LogP contribution is 2.30. The predicted octanol–water partition coefficient (Wildman–Crippen LogP) is -1.31. The minimum atomic E-state index is -0.358. The smallest absolute Gasteiger partial charge is 0.169 e. The third-order valence-corrected chi connectivity index (χ3v) is 3.29. The SMILES string of the molecule is CN1C2CCC1C(N)C(=O)C2N. The van der Waals surface area contributed by atoms with Crippen molar-refractivity contribution in [3.8, 4) is 0 Å². The first kappa shape index (κ1) is 8.16. The van der Waals surface area contributed by atoms with Crippen LogP contribution in [-0.4, -0.2) is 41.9 Å². The molecule has 2 saturated heterocycles. The van der Waals surface area contributed by atoms with Crippen molar-refractivity contribution in [1.82, 2.24) is 4.90 Å². The molecule has 4 unspecified atom stereocenters. The molecule has 2 aliphatic heterocycles. The lowest BCUT2D eigenvalue weighted by atomic mass is 9.93. The number of piperidine rings is 1. The summed E-state index contributed by atoms with van der Waals surface area (Å²) in [5.74, 6) is 0.0422. The molecule has 4 nitrogen and oxygen atoms in total. The molecule has 2 aliphatic rings. The van der Waals surface area contributed by atoms with E-state index >= 15 is 0 Å². The molecule has 0 aromatic carbocycles. The first-order valence-electron chi connectivity index (χ1n) is 4.39. The lowest BCUT2D eigenvalue weighted by Gasteiger charge is -2.38. The second-order valence-corrected chi connectivity index (χ2v) is 3.83. The van der Waals surface area contributed by atoms with E-state index in [1.165, 1.54) is 0 Å². The largest absolute Gasteiger partial charge is 0.320 e. The third kappa shape index (κ3) is 0.856. The number of nitrogens with two attached hydrogens (primary N) is 2. The number of fused-ring (bicyclic) bond motifs is 2. The monoisotopic (exact) mass is 169 g/mol. The van der Waals surface area contributed by atoms with Gasteiger partial charge in [0.15, 0.2) is 5.78 Å². The predicted molar refractivity (Wildman–Crippen MR) is 45.5 cm³/mol. The van der Waals surface area contributed by atoms with Crippen molar-refractivity contribution in [2.24, 2.45) is 11.5 Å². The molecule has 0 spiro atoms. The van der Waals surface area contributed by atoms with Gasteiger partial charge in [0.1, 0.15) is 0 Å². The lowest BCUT2D eigenvalue weighted by Crippen LogP contribution is -2.64. The number of Topliss-reactive ketones (excluding diaryl/α,β-unsaturated/α-hetero) is 1. The zero-order valence-corrected chi connectivity index (χ0v) is 7.23. The van der Waals surface area contributed by atoms with Gasteiger partial charge in [0.2, 0.25) is 0 Å². The lowest BCUT2D eigenvalue weighted by molar-refractivity contribution is -0.126. The van der Waals surface area contributed by atoms with Crippen LogP contribution in [0.15, 0.2) is 0 Å². The van der Waals surface area contributed by atoms with Crippen molar-refractivity contribution in [2.45, 2.75) is 37.0 Å². The Bertz CT molecular complexity index is 198. The summed E-state index contributed by atoms with van der Waals surface area (Å²) < 4.78 is 0. The Labute approximate surface area is 71.9 Å². The summed E-state index contributed by atoms with van der Waals surface area (Å²) in [6.45, 7) is 0. The molecule has 68 valence electrons. The van der Waals surface area contributed by atoms with Crippen molar-refractivity contribution in [3.05, 3.63) is 0 Å². The van der Waals surface area contributed by atoms with Crippen LogP contribution in [-0.2, 0) is 4.79 Å². The molecule has 0 aliphatic carbocycles. The van der Waals surface area contributed by atoms with Crippen molar-refractivity contribution in [1.29, 1.82) is 0 Å². The highest BCUT2D eigenvalue weighted by molar-refractivity contribution is 5.91. The molecule has 0 amide bonds. The van der Waals surface area contributed by atoms with E-state index in [4.69, 9.17) is 11.5 Å². The van der Waals surface area contributed by atoms with Crippen LogP contribution in [0.25, 0.3) is 0 Å². The average Bonchev–Trinajstić information content (AvgIpc) is 2.38. The molecular weight excluding hydrogens is 154 g/mol. The van der Waals surface area contributed by atoms with Crippen LogP contribution in [0.5, 0.6) is 0 Å². The van der Waals surface area contributed by atoms with Crippen LogP contribution in [0.1, 0.15) is 12.8 Å². The quantitative estimate of drug-likeness (QED) is 0.472. The number of likely N-dealkylation sites (N-methyl/N-ethyl adjacent to an activating group) is 1. The minimum absolute atomic E-state index is 0.0422. The van der Waals surface area contributed by atoms with E-state index in [1.54, 1.807) is 0 Å². The number of carbonyl (C=O) groups is 1. The molecule has 0 aromatic rings. The van der Waals surface area contributed by atoms with Gasteiger partial charge in [-0.3, -0.25) is 9.69 Å². The van der Waals surface area contributed by atoms with E-state index in [1.807, 2.05) is 7.05 Å². The molecule has 0 aromatic heterocycles. The van der Waals surface area contributed by atoms with Crippen LogP contribution in [0.4, 0.5) is 0 Å². The first-order valence-corrected chi connectivity index (χ1v) is 4.39. The molecule has 2 heterocycles. The summed E-state index contributed by atoms with van der Waals surface area (Å²) >= 11 is 0. The van der Waals surface area contributed by atoms with Gasteiger partial charge in [0, 0.05) is 12.1 Å². The highest BCUT2D eigenvalue weighted by Gasteiger charge is 2.47. The zero-order valence-electron chi connectivity index (χ0n) is 7.23. The molecule has 2 fully saturated rings. The summed E-state index contributed by atoms with van der Waals surface area (Å²) in [6.07, 6.45) is 2.03. The summed E-state index contributed by atoms with van der Waals surface area (Å²) in [6, 6.07) is -0.239. The molecule has 0 saturated carbocycles. The molecule has 12 heavy (non-hydrogen) atoms.